The zero-order valence-electron chi connectivity index (χ0n) is 10.4. The van der Waals surface area contributed by atoms with E-state index in [2.05, 4.69) is 5.32 Å². The molecule has 2 N–H and O–H groups in total. The highest BCUT2D eigenvalue weighted by Crippen LogP contribution is 2.10. The molecule has 0 saturated carbocycles. The van der Waals surface area contributed by atoms with Gasteiger partial charge in [0.15, 0.2) is 11.6 Å². The van der Waals surface area contributed by atoms with E-state index in [1.54, 1.807) is 18.2 Å². The van der Waals surface area contributed by atoms with Gasteiger partial charge in [0.05, 0.1) is 0 Å². The summed E-state index contributed by atoms with van der Waals surface area (Å²) in [6.07, 6.45) is 0.809. The van der Waals surface area contributed by atoms with Crippen molar-refractivity contribution in [2.24, 2.45) is 0 Å². The Hall–Kier alpha value is -1.94. The van der Waals surface area contributed by atoms with E-state index in [1.165, 1.54) is 6.07 Å². The summed E-state index contributed by atoms with van der Waals surface area (Å²) in [5.41, 5.74) is 1.82. The molecule has 0 heterocycles. The van der Waals surface area contributed by atoms with Gasteiger partial charge >= 0.3 is 0 Å². The molecule has 2 nitrogen and oxygen atoms in total. The van der Waals surface area contributed by atoms with Crippen LogP contribution in [-0.2, 0) is 13.0 Å². The standard InChI is InChI=1S/C15H15F2NO/c16-14-6-3-12(9-15(14)17)10-18-8-7-11-1-4-13(19)5-2-11/h1-6,9,18-19H,7-8,10H2. The minimum atomic E-state index is -0.826. The Morgan fingerprint density at radius 3 is 2.26 bits per heavy atom. The second kappa shape index (κ2) is 6.29. The van der Waals surface area contributed by atoms with Crippen molar-refractivity contribution in [2.45, 2.75) is 13.0 Å². The Kier molecular flexibility index (Phi) is 4.47. The molecule has 0 aliphatic carbocycles. The Morgan fingerprint density at radius 1 is 0.895 bits per heavy atom. The summed E-state index contributed by atoms with van der Waals surface area (Å²) in [5, 5.41) is 12.3. The van der Waals surface area contributed by atoms with Crippen LogP contribution in [0.3, 0.4) is 0 Å². The van der Waals surface area contributed by atoms with Crippen molar-refractivity contribution in [3.63, 3.8) is 0 Å². The van der Waals surface area contributed by atoms with E-state index < -0.39 is 11.6 Å². The lowest BCUT2D eigenvalue weighted by atomic mass is 10.1. The summed E-state index contributed by atoms with van der Waals surface area (Å²) >= 11 is 0. The number of hydrogen-bond acceptors (Lipinski definition) is 2. The zero-order valence-corrected chi connectivity index (χ0v) is 10.4. The van der Waals surface area contributed by atoms with Crippen LogP contribution in [0, 0.1) is 11.6 Å². The number of phenolic OH excluding ortho intramolecular Hbond substituents is 1. The van der Waals surface area contributed by atoms with Crippen molar-refractivity contribution >= 4 is 0 Å². The molecular formula is C15H15F2NO. The van der Waals surface area contributed by atoms with E-state index in [9.17, 15) is 8.78 Å². The molecule has 19 heavy (non-hydrogen) atoms. The molecule has 0 saturated heterocycles. The largest absolute Gasteiger partial charge is 0.508 e. The zero-order chi connectivity index (χ0) is 13.7. The van der Waals surface area contributed by atoms with Crippen LogP contribution in [0.5, 0.6) is 5.75 Å². The Balaban J connectivity index is 1.77. The first kappa shape index (κ1) is 13.5. The van der Waals surface area contributed by atoms with E-state index in [4.69, 9.17) is 5.11 Å². The molecule has 0 spiro atoms. The smallest absolute Gasteiger partial charge is 0.159 e. The first-order chi connectivity index (χ1) is 9.15. The molecule has 2 rings (SSSR count). The van der Waals surface area contributed by atoms with Gasteiger partial charge in [-0.25, -0.2) is 8.78 Å². The van der Waals surface area contributed by atoms with Crippen LogP contribution in [0.25, 0.3) is 0 Å². The number of benzene rings is 2. The summed E-state index contributed by atoms with van der Waals surface area (Å²) in [6, 6.07) is 10.9. The first-order valence-corrected chi connectivity index (χ1v) is 6.08. The highest BCUT2D eigenvalue weighted by Gasteiger charge is 2.02. The Bertz CT molecular complexity index is 540. The maximum absolute atomic E-state index is 13.0. The molecule has 0 radical (unpaired) electrons. The van der Waals surface area contributed by atoms with Crippen LogP contribution in [0.2, 0.25) is 0 Å². The quantitative estimate of drug-likeness (QED) is 0.813. The van der Waals surface area contributed by atoms with Gasteiger partial charge in [-0.3, -0.25) is 0 Å². The lowest BCUT2D eigenvalue weighted by molar-refractivity contribution is 0.475. The number of hydrogen-bond donors (Lipinski definition) is 2. The predicted molar refractivity (Wildman–Crippen MR) is 69.9 cm³/mol. The van der Waals surface area contributed by atoms with Gasteiger partial charge < -0.3 is 10.4 Å². The minimum Gasteiger partial charge on any atom is -0.508 e. The minimum absolute atomic E-state index is 0.249. The van der Waals surface area contributed by atoms with Crippen molar-refractivity contribution < 1.29 is 13.9 Å². The highest BCUT2D eigenvalue weighted by atomic mass is 19.2. The highest BCUT2D eigenvalue weighted by molar-refractivity contribution is 5.26. The molecule has 0 unspecified atom stereocenters. The summed E-state index contributed by atoms with van der Waals surface area (Å²) in [4.78, 5) is 0. The lowest BCUT2D eigenvalue weighted by Gasteiger charge is -2.06. The third-order valence-electron chi connectivity index (χ3n) is 2.84. The van der Waals surface area contributed by atoms with Crippen LogP contribution in [0.4, 0.5) is 8.78 Å². The summed E-state index contributed by atoms with van der Waals surface area (Å²) < 4.78 is 25.7. The molecule has 100 valence electrons. The van der Waals surface area contributed by atoms with Crippen LogP contribution >= 0.6 is 0 Å². The fourth-order valence-electron chi connectivity index (χ4n) is 1.78. The van der Waals surface area contributed by atoms with Gasteiger partial charge in [0.1, 0.15) is 5.75 Å². The number of nitrogens with one attached hydrogen (secondary N) is 1. The summed E-state index contributed by atoms with van der Waals surface area (Å²) in [7, 11) is 0. The number of halogens is 2. The van der Waals surface area contributed by atoms with Crippen molar-refractivity contribution in [1.29, 1.82) is 0 Å². The third kappa shape index (κ3) is 4.03. The van der Waals surface area contributed by atoms with E-state index in [0.29, 0.717) is 12.1 Å². The molecule has 2 aromatic carbocycles. The Labute approximate surface area is 110 Å². The average molecular weight is 263 g/mol. The maximum Gasteiger partial charge on any atom is 0.159 e. The normalized spacial score (nSPS) is 10.6. The van der Waals surface area contributed by atoms with Crippen molar-refractivity contribution in [3.05, 3.63) is 65.2 Å². The first-order valence-electron chi connectivity index (χ1n) is 6.08. The van der Waals surface area contributed by atoms with Gasteiger partial charge in [0.25, 0.3) is 0 Å². The molecule has 0 bridgehead atoms. The molecular weight excluding hydrogens is 248 g/mol. The van der Waals surface area contributed by atoms with Crippen molar-refractivity contribution in [3.8, 4) is 5.75 Å². The third-order valence-corrected chi connectivity index (χ3v) is 2.84. The second-order valence-corrected chi connectivity index (χ2v) is 4.34. The van der Waals surface area contributed by atoms with Crippen LogP contribution in [0.1, 0.15) is 11.1 Å². The molecule has 0 aliphatic rings. The summed E-state index contributed by atoms with van der Waals surface area (Å²) in [6.45, 7) is 1.22. The average Bonchev–Trinajstić information content (AvgIpc) is 2.41. The van der Waals surface area contributed by atoms with Crippen LogP contribution in [0.15, 0.2) is 42.5 Å². The molecule has 0 atom stereocenters. The topological polar surface area (TPSA) is 32.3 Å². The van der Waals surface area contributed by atoms with E-state index >= 15 is 0 Å². The van der Waals surface area contributed by atoms with Gasteiger partial charge in [0.2, 0.25) is 0 Å². The molecule has 0 fully saturated rings. The van der Waals surface area contributed by atoms with Gasteiger partial charge in [-0.1, -0.05) is 18.2 Å². The lowest BCUT2D eigenvalue weighted by Crippen LogP contribution is -2.16. The summed E-state index contributed by atoms with van der Waals surface area (Å²) in [5.74, 6) is -1.40. The van der Waals surface area contributed by atoms with Crippen molar-refractivity contribution in [2.75, 3.05) is 6.54 Å². The van der Waals surface area contributed by atoms with Crippen molar-refractivity contribution in [1.82, 2.24) is 5.32 Å². The van der Waals surface area contributed by atoms with Gasteiger partial charge in [0, 0.05) is 6.54 Å². The maximum atomic E-state index is 13.0. The Morgan fingerprint density at radius 2 is 1.58 bits per heavy atom. The van der Waals surface area contributed by atoms with E-state index in [0.717, 1.165) is 24.6 Å². The SMILES string of the molecule is Oc1ccc(CCNCc2ccc(F)c(F)c2)cc1. The van der Waals surface area contributed by atoms with Gasteiger partial charge in [-0.05, 0) is 48.4 Å². The number of rotatable bonds is 5. The number of phenols is 1. The monoisotopic (exact) mass is 263 g/mol. The van der Waals surface area contributed by atoms with Gasteiger partial charge in [-0.15, -0.1) is 0 Å². The molecule has 0 aliphatic heterocycles. The van der Waals surface area contributed by atoms with E-state index in [-0.39, 0.29) is 5.75 Å². The molecule has 0 aromatic heterocycles. The second-order valence-electron chi connectivity index (χ2n) is 4.34. The van der Waals surface area contributed by atoms with Crippen LogP contribution in [-0.4, -0.2) is 11.7 Å². The van der Waals surface area contributed by atoms with E-state index in [1.807, 2.05) is 12.1 Å². The predicted octanol–water partition coefficient (Wildman–Crippen LogP) is 3.00. The number of aromatic hydroxyl groups is 1. The van der Waals surface area contributed by atoms with Crippen LogP contribution < -0.4 is 5.32 Å². The molecule has 2 aromatic rings. The molecule has 0 amide bonds. The fourth-order valence-corrected chi connectivity index (χ4v) is 1.78. The van der Waals surface area contributed by atoms with Gasteiger partial charge in [-0.2, -0.15) is 0 Å². The fraction of sp³-hybridized carbons (Fsp3) is 0.200. The molecule has 4 heteroatoms.